The van der Waals surface area contributed by atoms with Crippen molar-refractivity contribution in [1.82, 2.24) is 9.78 Å². The Kier molecular flexibility index (Phi) is 3.15. The van der Waals surface area contributed by atoms with Gasteiger partial charge in [-0.1, -0.05) is 12.1 Å². The van der Waals surface area contributed by atoms with E-state index >= 15 is 0 Å². The number of nitrogens with one attached hydrogen (secondary N) is 1. The molecule has 3 heterocycles. The number of furan rings is 1. The van der Waals surface area contributed by atoms with Crippen LogP contribution in [0.5, 0.6) is 5.75 Å². The fourth-order valence-corrected chi connectivity index (χ4v) is 2.98. The van der Waals surface area contributed by atoms with Gasteiger partial charge in [0.1, 0.15) is 23.9 Å². The van der Waals surface area contributed by atoms with Crippen LogP contribution in [0.1, 0.15) is 29.2 Å². The molecule has 0 bridgehead atoms. The number of anilines is 1. The monoisotopic (exact) mass is 309 g/mol. The van der Waals surface area contributed by atoms with E-state index < -0.39 is 0 Å². The number of amides is 1. The number of hydrogen-bond donors (Lipinski definition) is 2. The Morgan fingerprint density at radius 2 is 2.26 bits per heavy atom. The molecular weight excluding hydrogens is 294 g/mol. The van der Waals surface area contributed by atoms with Gasteiger partial charge in [0.05, 0.1) is 12.5 Å². The molecule has 4 rings (SSSR count). The Balaban J connectivity index is 1.73. The highest BCUT2D eigenvalue weighted by Crippen LogP contribution is 2.37. The van der Waals surface area contributed by atoms with Crippen LogP contribution < -0.4 is 5.32 Å². The first-order chi connectivity index (χ1) is 11.2. The predicted octanol–water partition coefficient (Wildman–Crippen LogP) is 2.70. The van der Waals surface area contributed by atoms with E-state index in [9.17, 15) is 9.90 Å². The number of carbonyl (C=O) groups excluding carboxylic acids is 1. The second kappa shape index (κ2) is 5.31. The van der Waals surface area contributed by atoms with Gasteiger partial charge in [0.15, 0.2) is 0 Å². The van der Waals surface area contributed by atoms with E-state index in [-0.39, 0.29) is 17.6 Å². The van der Waals surface area contributed by atoms with Gasteiger partial charge in [0.25, 0.3) is 0 Å². The van der Waals surface area contributed by atoms with Gasteiger partial charge in [0.2, 0.25) is 5.91 Å². The molecule has 0 saturated heterocycles. The number of phenolic OH excluding ortho intramolecular Hbond substituents is 1. The minimum atomic E-state index is -0.115. The van der Waals surface area contributed by atoms with Crippen molar-refractivity contribution in [2.75, 3.05) is 5.32 Å². The fourth-order valence-electron chi connectivity index (χ4n) is 2.98. The number of fused-ring (bicyclic) bond motifs is 1. The van der Waals surface area contributed by atoms with Gasteiger partial charge >= 0.3 is 0 Å². The molecule has 1 aliphatic rings. The summed E-state index contributed by atoms with van der Waals surface area (Å²) in [6.45, 7) is 0.454. The van der Waals surface area contributed by atoms with E-state index in [1.165, 1.54) is 0 Å². The standard InChI is InChI=1S/C17H15N3O3/c21-12-4-1-3-11(7-12)14-8-16(22)19-17-15(14)9-18-20(17)10-13-5-2-6-23-13/h1-7,9,14,21H,8,10H2,(H,19,22)/t14-/m0/s1. The van der Waals surface area contributed by atoms with Crippen molar-refractivity contribution in [2.45, 2.75) is 18.9 Å². The zero-order valence-electron chi connectivity index (χ0n) is 12.3. The van der Waals surface area contributed by atoms with Crippen LogP contribution in [-0.2, 0) is 11.3 Å². The van der Waals surface area contributed by atoms with Crippen LogP contribution in [0.2, 0.25) is 0 Å². The summed E-state index contributed by atoms with van der Waals surface area (Å²) in [5.74, 6) is 1.47. The molecule has 0 spiro atoms. The maximum atomic E-state index is 12.1. The summed E-state index contributed by atoms with van der Waals surface area (Å²) in [6, 6.07) is 10.7. The van der Waals surface area contributed by atoms with Crippen LogP contribution in [0.4, 0.5) is 5.82 Å². The molecule has 0 aliphatic carbocycles. The molecular formula is C17H15N3O3. The first-order valence-corrected chi connectivity index (χ1v) is 7.37. The van der Waals surface area contributed by atoms with Gasteiger partial charge in [0, 0.05) is 17.9 Å². The number of nitrogens with zero attached hydrogens (tertiary/aromatic N) is 2. The molecule has 3 aromatic rings. The lowest BCUT2D eigenvalue weighted by Crippen LogP contribution is -2.25. The highest BCUT2D eigenvalue weighted by atomic mass is 16.3. The van der Waals surface area contributed by atoms with Gasteiger partial charge in [-0.15, -0.1) is 0 Å². The van der Waals surface area contributed by atoms with Crippen molar-refractivity contribution in [3.8, 4) is 5.75 Å². The molecule has 6 nitrogen and oxygen atoms in total. The van der Waals surface area contributed by atoms with Gasteiger partial charge < -0.3 is 14.8 Å². The number of benzene rings is 1. The second-order valence-corrected chi connectivity index (χ2v) is 5.59. The minimum absolute atomic E-state index is 0.0629. The summed E-state index contributed by atoms with van der Waals surface area (Å²) < 4.78 is 7.07. The summed E-state index contributed by atoms with van der Waals surface area (Å²) in [7, 11) is 0. The molecule has 0 fully saturated rings. The first kappa shape index (κ1) is 13.6. The average Bonchev–Trinajstić information content (AvgIpc) is 3.18. The third kappa shape index (κ3) is 2.48. The number of rotatable bonds is 3. The van der Waals surface area contributed by atoms with Gasteiger partial charge in [-0.25, -0.2) is 4.68 Å². The van der Waals surface area contributed by atoms with E-state index in [0.29, 0.717) is 18.8 Å². The molecule has 1 amide bonds. The summed E-state index contributed by atoms with van der Waals surface area (Å²) in [5, 5.41) is 17.0. The van der Waals surface area contributed by atoms with Gasteiger partial charge in [-0.3, -0.25) is 4.79 Å². The number of aromatic nitrogens is 2. The molecule has 1 aromatic carbocycles. The lowest BCUT2D eigenvalue weighted by molar-refractivity contribution is -0.116. The molecule has 0 radical (unpaired) electrons. The number of hydrogen-bond acceptors (Lipinski definition) is 4. The molecule has 0 saturated carbocycles. The van der Waals surface area contributed by atoms with Crippen molar-refractivity contribution in [2.24, 2.45) is 0 Å². The number of aromatic hydroxyl groups is 1. The minimum Gasteiger partial charge on any atom is -0.508 e. The lowest BCUT2D eigenvalue weighted by atomic mass is 9.87. The SMILES string of the molecule is O=C1C[C@@H](c2cccc(O)c2)c2cnn(Cc3ccco3)c2N1. The maximum Gasteiger partial charge on any atom is 0.226 e. The third-order valence-electron chi connectivity index (χ3n) is 4.05. The van der Waals surface area contributed by atoms with Crippen LogP contribution in [0.3, 0.4) is 0 Å². The van der Waals surface area contributed by atoms with E-state index in [1.807, 2.05) is 18.2 Å². The molecule has 2 N–H and O–H groups in total. The molecule has 1 aliphatic heterocycles. The molecule has 2 aromatic heterocycles. The third-order valence-corrected chi connectivity index (χ3v) is 4.05. The Bertz CT molecular complexity index is 852. The normalized spacial score (nSPS) is 16.9. The van der Waals surface area contributed by atoms with Crippen molar-refractivity contribution >= 4 is 11.7 Å². The van der Waals surface area contributed by atoms with E-state index in [0.717, 1.165) is 16.9 Å². The molecule has 1 atom stereocenters. The van der Waals surface area contributed by atoms with Crippen LogP contribution in [0, 0.1) is 0 Å². The van der Waals surface area contributed by atoms with Crippen LogP contribution in [-0.4, -0.2) is 20.8 Å². The Labute approximate surface area is 132 Å². The Morgan fingerprint density at radius 1 is 1.35 bits per heavy atom. The number of carbonyl (C=O) groups is 1. The molecule has 23 heavy (non-hydrogen) atoms. The van der Waals surface area contributed by atoms with Crippen molar-refractivity contribution in [1.29, 1.82) is 0 Å². The van der Waals surface area contributed by atoms with E-state index in [2.05, 4.69) is 10.4 Å². The lowest BCUT2D eigenvalue weighted by Gasteiger charge is -2.23. The number of phenols is 1. The van der Waals surface area contributed by atoms with Crippen molar-refractivity contribution < 1.29 is 14.3 Å². The summed E-state index contributed by atoms with van der Waals surface area (Å²) in [5.41, 5.74) is 1.85. The van der Waals surface area contributed by atoms with E-state index in [1.54, 1.807) is 35.3 Å². The summed E-state index contributed by atoms with van der Waals surface area (Å²) in [6.07, 6.45) is 3.72. The quantitative estimate of drug-likeness (QED) is 0.779. The highest BCUT2D eigenvalue weighted by Gasteiger charge is 2.30. The van der Waals surface area contributed by atoms with Gasteiger partial charge in [-0.2, -0.15) is 5.10 Å². The van der Waals surface area contributed by atoms with Crippen LogP contribution in [0.25, 0.3) is 0 Å². The topological polar surface area (TPSA) is 80.3 Å². The summed E-state index contributed by atoms with van der Waals surface area (Å²) in [4.78, 5) is 12.1. The maximum absolute atomic E-state index is 12.1. The zero-order chi connectivity index (χ0) is 15.8. The highest BCUT2D eigenvalue weighted by molar-refractivity contribution is 5.94. The second-order valence-electron chi connectivity index (χ2n) is 5.59. The van der Waals surface area contributed by atoms with Crippen molar-refractivity contribution in [3.63, 3.8) is 0 Å². The van der Waals surface area contributed by atoms with Crippen molar-refractivity contribution in [3.05, 3.63) is 65.7 Å². The fraction of sp³-hybridized carbons (Fsp3) is 0.176. The first-order valence-electron chi connectivity index (χ1n) is 7.37. The smallest absolute Gasteiger partial charge is 0.226 e. The van der Waals surface area contributed by atoms with Gasteiger partial charge in [-0.05, 0) is 29.8 Å². The largest absolute Gasteiger partial charge is 0.508 e. The molecule has 6 heteroatoms. The zero-order valence-corrected chi connectivity index (χ0v) is 12.3. The average molecular weight is 309 g/mol. The molecule has 116 valence electrons. The van der Waals surface area contributed by atoms with Crippen LogP contribution in [0.15, 0.2) is 53.3 Å². The van der Waals surface area contributed by atoms with Crippen LogP contribution >= 0.6 is 0 Å². The summed E-state index contributed by atoms with van der Waals surface area (Å²) >= 11 is 0. The predicted molar refractivity (Wildman–Crippen MR) is 83.2 cm³/mol. The molecule has 0 unspecified atom stereocenters. The Hall–Kier alpha value is -3.02. The van der Waals surface area contributed by atoms with E-state index in [4.69, 9.17) is 4.42 Å². The Morgan fingerprint density at radius 3 is 3.04 bits per heavy atom.